The number of nitrogens with one attached hydrogen (secondary N) is 2. The van der Waals surface area contributed by atoms with Crippen molar-refractivity contribution in [1.82, 2.24) is 14.9 Å². The van der Waals surface area contributed by atoms with Crippen LogP contribution in [0.5, 0.6) is 23.1 Å². The Hall–Kier alpha value is -4.77. The molecule has 2 amide bonds. The maximum absolute atomic E-state index is 13.2. The number of nitrogens with zero attached hydrogens (tertiary/aromatic N) is 3. The summed E-state index contributed by atoms with van der Waals surface area (Å²) in [6.07, 6.45) is 7.30. The van der Waals surface area contributed by atoms with Gasteiger partial charge in [0.05, 0.1) is 30.6 Å². The van der Waals surface area contributed by atoms with Crippen molar-refractivity contribution in [2.75, 3.05) is 44.0 Å². The predicted molar refractivity (Wildman–Crippen MR) is 173 cm³/mol. The molecular formula is C35H38FN5O5. The minimum Gasteiger partial charge on any atom is -0.493 e. The van der Waals surface area contributed by atoms with Gasteiger partial charge in [0, 0.05) is 35.9 Å². The number of rotatable bonds is 12. The number of methoxy groups -OCH3 is 1. The standard InChI is InChI=1S/C35H38FN5O5/c1-23-27(40-34(43)35(14-15-35)33(42)39-25-9-7-24(36)8-10-25)11-12-32(38-23)46-29-13-16-37-28-22-31(30(44-2)21-26(28)29)45-20-6-19-41-17-4-3-5-18-41/h7-13,16,21-22H,3-6,14-15,17-20H2,1-2H3,(H,39,42)(H,40,43). The number of fused-ring (bicyclic) bond motifs is 1. The molecule has 0 unspecified atom stereocenters. The number of benzene rings is 2. The Bertz CT molecular complexity index is 1720. The third-order valence-electron chi connectivity index (χ3n) is 8.56. The number of carbonyl (C=O) groups is 2. The van der Waals surface area contributed by atoms with Crippen molar-refractivity contribution >= 4 is 34.1 Å². The van der Waals surface area contributed by atoms with Crippen molar-refractivity contribution in [3.8, 4) is 23.1 Å². The minimum atomic E-state index is -1.18. The summed E-state index contributed by atoms with van der Waals surface area (Å²) in [4.78, 5) is 37.7. The maximum atomic E-state index is 13.2. The molecule has 0 atom stereocenters. The zero-order valence-electron chi connectivity index (χ0n) is 26.1. The van der Waals surface area contributed by atoms with E-state index in [4.69, 9.17) is 14.2 Å². The number of pyridine rings is 2. The monoisotopic (exact) mass is 627 g/mol. The molecule has 1 saturated heterocycles. The lowest BCUT2D eigenvalue weighted by Crippen LogP contribution is -2.35. The number of ether oxygens (including phenoxy) is 3. The van der Waals surface area contributed by atoms with Crippen molar-refractivity contribution in [3.05, 3.63) is 72.3 Å². The van der Waals surface area contributed by atoms with Gasteiger partial charge in [-0.1, -0.05) is 6.42 Å². The molecule has 46 heavy (non-hydrogen) atoms. The summed E-state index contributed by atoms with van der Waals surface area (Å²) in [5, 5.41) is 6.30. The van der Waals surface area contributed by atoms with Crippen molar-refractivity contribution < 1.29 is 28.2 Å². The molecule has 0 bridgehead atoms. The van der Waals surface area contributed by atoms with Crippen LogP contribution >= 0.6 is 0 Å². The number of hydrogen-bond acceptors (Lipinski definition) is 8. The molecule has 1 aliphatic heterocycles. The van der Waals surface area contributed by atoms with Crippen LogP contribution in [0.4, 0.5) is 15.8 Å². The lowest BCUT2D eigenvalue weighted by Gasteiger charge is -2.26. The first kappa shape index (κ1) is 31.2. The molecule has 2 fully saturated rings. The number of anilines is 2. The summed E-state index contributed by atoms with van der Waals surface area (Å²) in [7, 11) is 1.61. The number of amides is 2. The third-order valence-corrected chi connectivity index (χ3v) is 8.56. The molecule has 11 heteroatoms. The van der Waals surface area contributed by atoms with Crippen LogP contribution in [0.15, 0.2) is 60.8 Å². The smallest absolute Gasteiger partial charge is 0.240 e. The molecule has 1 aliphatic carbocycles. The quantitative estimate of drug-likeness (QED) is 0.135. The number of aryl methyl sites for hydroxylation is 1. The number of halogens is 1. The van der Waals surface area contributed by atoms with E-state index in [1.54, 1.807) is 38.4 Å². The summed E-state index contributed by atoms with van der Waals surface area (Å²) < 4.78 is 31.2. The summed E-state index contributed by atoms with van der Waals surface area (Å²) in [5.41, 5.74) is 0.941. The van der Waals surface area contributed by atoms with Crippen LogP contribution in [-0.4, -0.2) is 60.0 Å². The van der Waals surface area contributed by atoms with E-state index in [-0.39, 0.29) is 0 Å². The van der Waals surface area contributed by atoms with Gasteiger partial charge >= 0.3 is 0 Å². The second-order valence-electron chi connectivity index (χ2n) is 11.8. The lowest BCUT2D eigenvalue weighted by atomic mass is 10.0. The van der Waals surface area contributed by atoms with Crippen LogP contribution in [0, 0.1) is 18.2 Å². The van der Waals surface area contributed by atoms with Gasteiger partial charge in [-0.15, -0.1) is 0 Å². The van der Waals surface area contributed by atoms with E-state index >= 15 is 0 Å². The molecule has 1 saturated carbocycles. The van der Waals surface area contributed by atoms with E-state index in [1.165, 1.54) is 43.5 Å². The first-order chi connectivity index (χ1) is 22.3. The Morgan fingerprint density at radius 1 is 0.935 bits per heavy atom. The number of piperidine rings is 1. The van der Waals surface area contributed by atoms with Crippen LogP contribution in [0.1, 0.15) is 44.2 Å². The Morgan fingerprint density at radius 3 is 2.41 bits per heavy atom. The van der Waals surface area contributed by atoms with E-state index < -0.39 is 23.0 Å². The Balaban J connectivity index is 1.10. The third kappa shape index (κ3) is 7.04. The van der Waals surface area contributed by atoms with E-state index in [0.717, 1.165) is 31.4 Å². The Labute approximate surface area is 267 Å². The molecule has 6 rings (SSSR count). The van der Waals surface area contributed by atoms with Crippen molar-refractivity contribution in [2.24, 2.45) is 5.41 Å². The first-order valence-electron chi connectivity index (χ1n) is 15.7. The zero-order valence-corrected chi connectivity index (χ0v) is 26.1. The average Bonchev–Trinajstić information content (AvgIpc) is 3.88. The van der Waals surface area contributed by atoms with Crippen LogP contribution in [0.25, 0.3) is 10.9 Å². The van der Waals surface area contributed by atoms with Gasteiger partial charge in [0.25, 0.3) is 0 Å². The molecule has 3 heterocycles. The van der Waals surface area contributed by atoms with E-state index in [1.807, 2.05) is 12.1 Å². The highest BCUT2D eigenvalue weighted by Gasteiger charge is 2.56. The second-order valence-corrected chi connectivity index (χ2v) is 11.8. The normalized spacial score (nSPS) is 15.6. The summed E-state index contributed by atoms with van der Waals surface area (Å²) >= 11 is 0. The molecule has 240 valence electrons. The van der Waals surface area contributed by atoms with Gasteiger partial charge in [-0.25, -0.2) is 9.37 Å². The van der Waals surface area contributed by atoms with Crippen LogP contribution in [0.2, 0.25) is 0 Å². The Kier molecular flexibility index (Phi) is 9.30. The summed E-state index contributed by atoms with van der Waals surface area (Å²) in [6.45, 7) is 5.69. The molecule has 0 spiro atoms. The molecular weight excluding hydrogens is 589 g/mol. The fourth-order valence-corrected chi connectivity index (χ4v) is 5.69. The average molecular weight is 628 g/mol. The highest BCUT2D eigenvalue weighted by Crippen LogP contribution is 2.47. The van der Waals surface area contributed by atoms with E-state index in [9.17, 15) is 14.0 Å². The molecule has 10 nitrogen and oxygen atoms in total. The van der Waals surface area contributed by atoms with Crippen LogP contribution in [-0.2, 0) is 9.59 Å². The largest absolute Gasteiger partial charge is 0.493 e. The lowest BCUT2D eigenvalue weighted by molar-refractivity contribution is -0.131. The zero-order chi connectivity index (χ0) is 32.1. The topological polar surface area (TPSA) is 115 Å². The van der Waals surface area contributed by atoms with E-state index in [0.29, 0.717) is 65.2 Å². The predicted octanol–water partition coefficient (Wildman–Crippen LogP) is 6.49. The number of likely N-dealkylation sites (tertiary alicyclic amines) is 1. The van der Waals surface area contributed by atoms with Gasteiger partial charge in [-0.2, -0.15) is 0 Å². The van der Waals surface area contributed by atoms with Crippen LogP contribution < -0.4 is 24.8 Å². The summed E-state index contributed by atoms with van der Waals surface area (Å²) in [6, 6.07) is 14.2. The fraction of sp³-hybridized carbons (Fsp3) is 0.371. The first-order valence-corrected chi connectivity index (χ1v) is 15.7. The van der Waals surface area contributed by atoms with Gasteiger partial charge in [-0.3, -0.25) is 14.6 Å². The molecule has 4 aromatic rings. The van der Waals surface area contributed by atoms with Crippen molar-refractivity contribution in [1.29, 1.82) is 0 Å². The number of carbonyl (C=O) groups excluding carboxylic acids is 2. The molecule has 2 aromatic heterocycles. The van der Waals surface area contributed by atoms with Crippen molar-refractivity contribution in [3.63, 3.8) is 0 Å². The maximum Gasteiger partial charge on any atom is 0.240 e. The van der Waals surface area contributed by atoms with Gasteiger partial charge in [-0.05, 0) is 94.6 Å². The second kappa shape index (κ2) is 13.7. The summed E-state index contributed by atoms with van der Waals surface area (Å²) in [5.74, 6) is 0.843. The number of aromatic nitrogens is 2. The van der Waals surface area contributed by atoms with Gasteiger partial charge in [0.1, 0.15) is 17.0 Å². The van der Waals surface area contributed by atoms with Gasteiger partial charge in [0.2, 0.25) is 17.7 Å². The van der Waals surface area contributed by atoms with Gasteiger partial charge < -0.3 is 29.7 Å². The number of hydrogen-bond donors (Lipinski definition) is 2. The molecule has 2 aliphatic rings. The highest BCUT2D eigenvalue weighted by atomic mass is 19.1. The molecule has 2 N–H and O–H groups in total. The highest BCUT2D eigenvalue weighted by molar-refractivity contribution is 6.17. The molecule has 2 aromatic carbocycles. The van der Waals surface area contributed by atoms with E-state index in [2.05, 4.69) is 25.5 Å². The molecule has 0 radical (unpaired) electrons. The van der Waals surface area contributed by atoms with Gasteiger partial charge in [0.15, 0.2) is 11.5 Å². The van der Waals surface area contributed by atoms with Crippen LogP contribution in [0.3, 0.4) is 0 Å². The van der Waals surface area contributed by atoms with Crippen molar-refractivity contribution in [2.45, 2.75) is 45.4 Å². The minimum absolute atomic E-state index is 0.329. The Morgan fingerprint density at radius 2 is 1.70 bits per heavy atom. The fourth-order valence-electron chi connectivity index (χ4n) is 5.69. The SMILES string of the molecule is COc1cc2c(Oc3ccc(NC(=O)C4(C(=O)Nc5ccc(F)cc5)CC4)c(C)n3)ccnc2cc1OCCCN1CCCCC1.